The summed E-state index contributed by atoms with van der Waals surface area (Å²) in [5, 5.41) is 2.76. The summed E-state index contributed by atoms with van der Waals surface area (Å²) >= 11 is 0. The molecule has 0 unspecified atom stereocenters. The third-order valence-corrected chi connectivity index (χ3v) is 4.58. The highest BCUT2D eigenvalue weighted by atomic mass is 19.1. The highest BCUT2D eigenvalue weighted by Crippen LogP contribution is 2.38. The number of fused-ring (bicyclic) bond motifs is 1. The summed E-state index contributed by atoms with van der Waals surface area (Å²) in [6.07, 6.45) is 0.795. The number of nitrogens with zero attached hydrogens (tertiary/aromatic N) is 1. The van der Waals surface area contributed by atoms with E-state index < -0.39 is 5.41 Å². The van der Waals surface area contributed by atoms with Gasteiger partial charge < -0.3 is 19.7 Å². The fourth-order valence-corrected chi connectivity index (χ4v) is 3.05. The lowest BCUT2D eigenvalue weighted by atomic mass is 9.93. The van der Waals surface area contributed by atoms with Crippen LogP contribution in [-0.2, 0) is 9.59 Å². The van der Waals surface area contributed by atoms with Crippen LogP contribution in [0.3, 0.4) is 0 Å². The Labute approximate surface area is 169 Å². The molecule has 0 saturated carbocycles. The molecule has 0 spiro atoms. The van der Waals surface area contributed by atoms with Gasteiger partial charge in [0, 0.05) is 12.2 Å². The van der Waals surface area contributed by atoms with Gasteiger partial charge in [-0.2, -0.15) is 0 Å². The van der Waals surface area contributed by atoms with E-state index in [0.717, 1.165) is 6.42 Å². The number of nitrogens with one attached hydrogen (secondary N) is 1. The predicted octanol–water partition coefficient (Wildman–Crippen LogP) is 4.00. The van der Waals surface area contributed by atoms with Gasteiger partial charge in [0.2, 0.25) is 5.91 Å². The van der Waals surface area contributed by atoms with Gasteiger partial charge in [-0.15, -0.1) is 0 Å². The molecule has 29 heavy (non-hydrogen) atoms. The van der Waals surface area contributed by atoms with E-state index in [1.807, 2.05) is 20.8 Å². The molecule has 0 atom stereocenters. The van der Waals surface area contributed by atoms with Gasteiger partial charge in [-0.3, -0.25) is 9.59 Å². The molecule has 0 aromatic heterocycles. The Hall–Kier alpha value is -3.09. The number of carbonyl (C=O) groups excluding carboxylic acids is 2. The smallest absolute Gasteiger partial charge is 0.262 e. The molecule has 0 fully saturated rings. The first-order chi connectivity index (χ1) is 13.8. The average molecular weight is 400 g/mol. The maximum atomic E-state index is 12.9. The van der Waals surface area contributed by atoms with Crippen LogP contribution in [-0.4, -0.2) is 31.6 Å². The fourth-order valence-electron chi connectivity index (χ4n) is 3.05. The Morgan fingerprint density at radius 3 is 2.66 bits per heavy atom. The molecule has 1 heterocycles. The van der Waals surface area contributed by atoms with E-state index in [4.69, 9.17) is 9.47 Å². The monoisotopic (exact) mass is 400 g/mol. The summed E-state index contributed by atoms with van der Waals surface area (Å²) in [5.41, 5.74) is 0.536. The largest absolute Gasteiger partial charge is 0.490 e. The molecule has 0 saturated heterocycles. The van der Waals surface area contributed by atoms with Gasteiger partial charge in [-0.1, -0.05) is 6.92 Å². The first-order valence-corrected chi connectivity index (χ1v) is 9.57. The number of halogens is 1. The summed E-state index contributed by atoms with van der Waals surface area (Å²) in [4.78, 5) is 26.9. The topological polar surface area (TPSA) is 67.9 Å². The number of carbonyl (C=O) groups is 2. The number of amides is 2. The highest BCUT2D eigenvalue weighted by Gasteiger charge is 2.37. The van der Waals surface area contributed by atoms with Crippen LogP contribution in [0.25, 0.3) is 0 Å². The Morgan fingerprint density at radius 2 is 1.97 bits per heavy atom. The summed E-state index contributed by atoms with van der Waals surface area (Å²) in [5.74, 6) is 0.263. The highest BCUT2D eigenvalue weighted by molar-refractivity contribution is 6.00. The lowest BCUT2D eigenvalue weighted by Gasteiger charge is -2.27. The first-order valence-electron chi connectivity index (χ1n) is 9.57. The van der Waals surface area contributed by atoms with E-state index in [9.17, 15) is 14.0 Å². The number of benzene rings is 2. The first kappa shape index (κ1) is 20.6. The summed E-state index contributed by atoms with van der Waals surface area (Å²) in [6, 6.07) is 10.7. The predicted molar refractivity (Wildman–Crippen MR) is 109 cm³/mol. The van der Waals surface area contributed by atoms with Crippen LogP contribution in [0, 0.1) is 11.2 Å². The fraction of sp³-hybridized carbons (Fsp3) is 0.364. The van der Waals surface area contributed by atoms with Gasteiger partial charge in [0.15, 0.2) is 6.61 Å². The minimum atomic E-state index is -0.638. The van der Waals surface area contributed by atoms with Crippen LogP contribution < -0.4 is 19.7 Å². The standard InChI is InChI=1S/C22H25FN2O4/c1-4-11-25-18-12-16(7-10-19(18)29-14-22(2,3)21(25)27)24-20(26)13-28-17-8-5-15(23)6-9-17/h5-10,12H,4,11,13-14H2,1-3H3,(H,24,26). The lowest BCUT2D eigenvalue weighted by molar-refractivity contribution is -0.127. The van der Waals surface area contributed by atoms with Crippen molar-refractivity contribution in [3.8, 4) is 11.5 Å². The van der Waals surface area contributed by atoms with Crippen LogP contribution in [0.1, 0.15) is 27.2 Å². The molecule has 1 aliphatic heterocycles. The van der Waals surface area contributed by atoms with Gasteiger partial charge in [0.05, 0.1) is 11.1 Å². The van der Waals surface area contributed by atoms with E-state index in [-0.39, 0.29) is 30.8 Å². The SMILES string of the molecule is CCCN1C(=O)C(C)(C)COc2ccc(NC(=O)COc3ccc(F)cc3)cc21. The molecule has 6 nitrogen and oxygen atoms in total. The van der Waals surface area contributed by atoms with Crippen LogP contribution >= 0.6 is 0 Å². The van der Waals surface area contributed by atoms with Crippen molar-refractivity contribution in [1.29, 1.82) is 0 Å². The molecule has 0 radical (unpaired) electrons. The molecule has 2 amide bonds. The quantitative estimate of drug-likeness (QED) is 0.796. The Balaban J connectivity index is 1.73. The molecule has 3 rings (SSSR count). The maximum Gasteiger partial charge on any atom is 0.262 e. The van der Waals surface area contributed by atoms with Crippen molar-refractivity contribution in [3.63, 3.8) is 0 Å². The molecule has 0 bridgehead atoms. The lowest BCUT2D eigenvalue weighted by Crippen LogP contribution is -2.42. The number of anilines is 2. The van der Waals surface area contributed by atoms with Gasteiger partial charge in [0.1, 0.15) is 23.9 Å². The van der Waals surface area contributed by atoms with Crippen molar-refractivity contribution in [2.24, 2.45) is 5.41 Å². The van der Waals surface area contributed by atoms with Crippen molar-refractivity contribution >= 4 is 23.2 Å². The van der Waals surface area contributed by atoms with E-state index in [0.29, 0.717) is 29.4 Å². The van der Waals surface area contributed by atoms with Gasteiger partial charge in [-0.05, 0) is 62.7 Å². The molecule has 154 valence electrons. The second-order valence-corrected chi connectivity index (χ2v) is 7.60. The third kappa shape index (κ3) is 4.85. The molecule has 1 aliphatic rings. The third-order valence-electron chi connectivity index (χ3n) is 4.58. The van der Waals surface area contributed by atoms with Crippen LogP contribution in [0.2, 0.25) is 0 Å². The molecular weight excluding hydrogens is 375 g/mol. The van der Waals surface area contributed by atoms with Gasteiger partial charge in [0.25, 0.3) is 5.91 Å². The second kappa shape index (κ2) is 8.51. The maximum absolute atomic E-state index is 12.9. The van der Waals surface area contributed by atoms with E-state index in [2.05, 4.69) is 5.32 Å². The average Bonchev–Trinajstić information content (AvgIpc) is 2.78. The van der Waals surface area contributed by atoms with Crippen molar-refractivity contribution in [3.05, 3.63) is 48.3 Å². The summed E-state index contributed by atoms with van der Waals surface area (Å²) in [6.45, 7) is 6.35. The van der Waals surface area contributed by atoms with Crippen LogP contribution in [0.5, 0.6) is 11.5 Å². The van der Waals surface area contributed by atoms with Crippen molar-refractivity contribution in [1.82, 2.24) is 0 Å². The Morgan fingerprint density at radius 1 is 1.24 bits per heavy atom. The van der Waals surface area contributed by atoms with Gasteiger partial charge >= 0.3 is 0 Å². The number of hydrogen-bond donors (Lipinski definition) is 1. The van der Waals surface area contributed by atoms with Crippen molar-refractivity contribution in [2.75, 3.05) is 30.0 Å². The Kier molecular flexibility index (Phi) is 6.06. The van der Waals surface area contributed by atoms with Gasteiger partial charge in [-0.25, -0.2) is 4.39 Å². The number of ether oxygens (including phenoxy) is 2. The molecule has 1 N–H and O–H groups in total. The summed E-state index contributed by atoms with van der Waals surface area (Å²) in [7, 11) is 0. The minimum Gasteiger partial charge on any atom is -0.490 e. The van der Waals surface area contributed by atoms with Crippen LogP contribution in [0.15, 0.2) is 42.5 Å². The zero-order valence-electron chi connectivity index (χ0n) is 16.8. The zero-order chi connectivity index (χ0) is 21.0. The minimum absolute atomic E-state index is 0.0128. The van der Waals surface area contributed by atoms with Crippen molar-refractivity contribution in [2.45, 2.75) is 27.2 Å². The molecule has 2 aromatic rings. The molecular formula is C22H25FN2O4. The summed E-state index contributed by atoms with van der Waals surface area (Å²) < 4.78 is 24.1. The van der Waals surface area contributed by atoms with E-state index >= 15 is 0 Å². The second-order valence-electron chi connectivity index (χ2n) is 7.60. The van der Waals surface area contributed by atoms with Crippen LogP contribution in [0.4, 0.5) is 15.8 Å². The number of rotatable bonds is 6. The number of hydrogen-bond acceptors (Lipinski definition) is 4. The van der Waals surface area contributed by atoms with Crippen molar-refractivity contribution < 1.29 is 23.5 Å². The Bertz CT molecular complexity index is 896. The molecule has 2 aromatic carbocycles. The van der Waals surface area contributed by atoms with E-state index in [1.165, 1.54) is 24.3 Å². The molecule has 0 aliphatic carbocycles. The molecule has 7 heteroatoms. The van der Waals surface area contributed by atoms with E-state index in [1.54, 1.807) is 23.1 Å². The normalized spacial score (nSPS) is 15.2. The zero-order valence-corrected chi connectivity index (χ0v) is 16.8.